The fourth-order valence-corrected chi connectivity index (χ4v) is 4.39. The van der Waals surface area contributed by atoms with Crippen molar-refractivity contribution >= 4 is 11.3 Å². The van der Waals surface area contributed by atoms with Crippen LogP contribution in [0.25, 0.3) is 0 Å². The Bertz CT molecular complexity index is 669. The van der Waals surface area contributed by atoms with E-state index in [4.69, 9.17) is 4.74 Å². The van der Waals surface area contributed by atoms with Gasteiger partial charge in [0.2, 0.25) is 0 Å². The second-order valence-corrected chi connectivity index (χ2v) is 7.77. The Morgan fingerprint density at radius 1 is 1.25 bits per heavy atom. The lowest BCUT2D eigenvalue weighted by molar-refractivity contribution is 0.0638. The van der Waals surface area contributed by atoms with E-state index in [1.54, 1.807) is 0 Å². The Labute approximate surface area is 148 Å². The van der Waals surface area contributed by atoms with Gasteiger partial charge in [-0.05, 0) is 68.3 Å². The molecule has 3 rings (SSSR count). The first-order valence-electron chi connectivity index (χ1n) is 8.71. The van der Waals surface area contributed by atoms with Crippen molar-refractivity contribution in [3.8, 4) is 5.75 Å². The SMILES string of the molecule is Cc1ccc(C)c(OCC(O)CN2CCCC2c2cccs2)c1C. The number of hydrogen-bond acceptors (Lipinski definition) is 4. The van der Waals surface area contributed by atoms with Gasteiger partial charge in [-0.15, -0.1) is 11.3 Å². The maximum absolute atomic E-state index is 10.5. The Morgan fingerprint density at radius 2 is 2.04 bits per heavy atom. The molecule has 3 nitrogen and oxygen atoms in total. The minimum Gasteiger partial charge on any atom is -0.490 e. The van der Waals surface area contributed by atoms with E-state index in [-0.39, 0.29) is 0 Å². The predicted octanol–water partition coefficient (Wildman–Crippen LogP) is 4.25. The molecule has 2 atom stereocenters. The van der Waals surface area contributed by atoms with E-state index in [0.717, 1.165) is 17.9 Å². The number of ether oxygens (including phenoxy) is 1. The molecule has 1 saturated heterocycles. The maximum Gasteiger partial charge on any atom is 0.125 e. The summed E-state index contributed by atoms with van der Waals surface area (Å²) in [5, 5.41) is 12.6. The molecule has 0 saturated carbocycles. The number of nitrogens with zero attached hydrogens (tertiary/aromatic N) is 1. The van der Waals surface area contributed by atoms with Crippen molar-refractivity contribution in [2.75, 3.05) is 19.7 Å². The summed E-state index contributed by atoms with van der Waals surface area (Å²) < 4.78 is 5.97. The monoisotopic (exact) mass is 345 g/mol. The van der Waals surface area contributed by atoms with Crippen LogP contribution in [-0.2, 0) is 0 Å². The van der Waals surface area contributed by atoms with Crippen molar-refractivity contribution in [3.05, 3.63) is 51.2 Å². The van der Waals surface area contributed by atoms with Crippen molar-refractivity contribution in [1.82, 2.24) is 4.90 Å². The molecule has 1 aliphatic rings. The van der Waals surface area contributed by atoms with Gasteiger partial charge in [0, 0.05) is 17.5 Å². The lowest BCUT2D eigenvalue weighted by Gasteiger charge is -2.26. The molecule has 0 aliphatic carbocycles. The van der Waals surface area contributed by atoms with Crippen LogP contribution in [0.3, 0.4) is 0 Å². The van der Waals surface area contributed by atoms with E-state index in [9.17, 15) is 5.11 Å². The average molecular weight is 346 g/mol. The van der Waals surface area contributed by atoms with Gasteiger partial charge < -0.3 is 9.84 Å². The first-order chi connectivity index (χ1) is 11.6. The van der Waals surface area contributed by atoms with Gasteiger partial charge in [0.1, 0.15) is 18.5 Å². The van der Waals surface area contributed by atoms with Crippen LogP contribution < -0.4 is 4.74 Å². The Morgan fingerprint density at radius 3 is 2.79 bits per heavy atom. The van der Waals surface area contributed by atoms with Gasteiger partial charge in [-0.25, -0.2) is 0 Å². The molecule has 1 fully saturated rings. The molecule has 0 spiro atoms. The zero-order valence-corrected chi connectivity index (χ0v) is 15.6. The fourth-order valence-electron chi connectivity index (χ4n) is 3.50. The highest BCUT2D eigenvalue weighted by molar-refractivity contribution is 7.10. The van der Waals surface area contributed by atoms with E-state index in [1.165, 1.54) is 28.8 Å². The molecule has 0 amide bonds. The Kier molecular flexibility index (Phi) is 5.59. The van der Waals surface area contributed by atoms with E-state index in [2.05, 4.69) is 55.3 Å². The van der Waals surface area contributed by atoms with Gasteiger partial charge in [-0.1, -0.05) is 18.2 Å². The number of likely N-dealkylation sites (tertiary alicyclic amines) is 1. The van der Waals surface area contributed by atoms with Crippen molar-refractivity contribution in [1.29, 1.82) is 0 Å². The smallest absolute Gasteiger partial charge is 0.125 e. The molecule has 1 aromatic heterocycles. The minimum absolute atomic E-state index is 0.346. The molecule has 2 aromatic rings. The molecule has 130 valence electrons. The van der Waals surface area contributed by atoms with Crippen LogP contribution in [0.2, 0.25) is 0 Å². The average Bonchev–Trinajstić information content (AvgIpc) is 3.22. The molecule has 1 aromatic carbocycles. The van der Waals surface area contributed by atoms with Gasteiger partial charge in [0.15, 0.2) is 0 Å². The third-order valence-corrected chi connectivity index (χ3v) is 5.95. The number of β-amino-alcohol motifs (C(OH)–C–C–N with tert-alkyl or cyclic N) is 1. The second kappa shape index (κ2) is 7.68. The number of aryl methyl sites for hydroxylation is 2. The Hall–Kier alpha value is -1.36. The molecule has 24 heavy (non-hydrogen) atoms. The third kappa shape index (κ3) is 3.82. The number of rotatable bonds is 6. The summed E-state index contributed by atoms with van der Waals surface area (Å²) in [4.78, 5) is 3.81. The summed E-state index contributed by atoms with van der Waals surface area (Å²) in [6.07, 6.45) is 1.92. The van der Waals surface area contributed by atoms with Gasteiger partial charge in [0.25, 0.3) is 0 Å². The van der Waals surface area contributed by atoms with Crippen molar-refractivity contribution in [2.45, 2.75) is 45.8 Å². The van der Waals surface area contributed by atoms with Crippen molar-refractivity contribution in [2.24, 2.45) is 0 Å². The van der Waals surface area contributed by atoms with E-state index < -0.39 is 6.10 Å². The molecular formula is C20H27NO2S. The summed E-state index contributed by atoms with van der Waals surface area (Å²) in [5.41, 5.74) is 3.52. The third-order valence-electron chi connectivity index (χ3n) is 4.97. The lowest BCUT2D eigenvalue weighted by atomic mass is 10.1. The molecular weight excluding hydrogens is 318 g/mol. The van der Waals surface area contributed by atoms with Gasteiger partial charge in [-0.3, -0.25) is 4.90 Å². The second-order valence-electron chi connectivity index (χ2n) is 6.79. The minimum atomic E-state index is -0.468. The molecule has 4 heteroatoms. The van der Waals surface area contributed by atoms with E-state index in [1.807, 2.05) is 11.3 Å². The van der Waals surface area contributed by atoms with Gasteiger partial charge in [0.05, 0.1) is 0 Å². The zero-order chi connectivity index (χ0) is 17.1. The molecule has 1 N–H and O–H groups in total. The van der Waals surface area contributed by atoms with Crippen LogP contribution >= 0.6 is 11.3 Å². The quantitative estimate of drug-likeness (QED) is 0.849. The molecule has 0 radical (unpaired) electrons. The highest BCUT2D eigenvalue weighted by atomic mass is 32.1. The standard InChI is InChI=1S/C20H27NO2S/c1-14-8-9-15(2)20(16(14)3)23-13-17(22)12-21-10-4-6-18(21)19-7-5-11-24-19/h5,7-9,11,17-18,22H,4,6,10,12-13H2,1-3H3. The van der Waals surface area contributed by atoms with Crippen LogP contribution in [-0.4, -0.2) is 35.8 Å². The summed E-state index contributed by atoms with van der Waals surface area (Å²) in [5.74, 6) is 0.922. The van der Waals surface area contributed by atoms with Crippen molar-refractivity contribution < 1.29 is 9.84 Å². The summed E-state index contributed by atoms with van der Waals surface area (Å²) >= 11 is 1.81. The predicted molar refractivity (Wildman–Crippen MR) is 100 cm³/mol. The molecule has 0 bridgehead atoms. The molecule has 2 heterocycles. The topological polar surface area (TPSA) is 32.7 Å². The number of thiophene rings is 1. The summed E-state index contributed by atoms with van der Waals surface area (Å²) in [6.45, 7) is 8.31. The highest BCUT2D eigenvalue weighted by Crippen LogP contribution is 2.34. The fraction of sp³-hybridized carbons (Fsp3) is 0.500. The number of aliphatic hydroxyl groups is 1. The summed E-state index contributed by atoms with van der Waals surface area (Å²) in [6, 6.07) is 8.97. The number of hydrogen-bond donors (Lipinski definition) is 1. The molecule has 1 aliphatic heterocycles. The lowest BCUT2D eigenvalue weighted by Crippen LogP contribution is -2.35. The molecule has 2 unspecified atom stereocenters. The first kappa shape index (κ1) is 17.5. The van der Waals surface area contributed by atoms with Gasteiger partial charge in [-0.2, -0.15) is 0 Å². The number of benzene rings is 1. The first-order valence-corrected chi connectivity index (χ1v) is 9.59. The van der Waals surface area contributed by atoms with Crippen molar-refractivity contribution in [3.63, 3.8) is 0 Å². The maximum atomic E-state index is 10.5. The summed E-state index contributed by atoms with van der Waals surface area (Å²) in [7, 11) is 0. The largest absolute Gasteiger partial charge is 0.490 e. The van der Waals surface area contributed by atoms with E-state index in [0.29, 0.717) is 19.2 Å². The van der Waals surface area contributed by atoms with Gasteiger partial charge >= 0.3 is 0 Å². The van der Waals surface area contributed by atoms with Crippen LogP contribution in [0.4, 0.5) is 0 Å². The van der Waals surface area contributed by atoms with Crippen LogP contribution in [0.15, 0.2) is 29.6 Å². The van der Waals surface area contributed by atoms with Crippen LogP contribution in [0.1, 0.15) is 40.5 Å². The van der Waals surface area contributed by atoms with Crippen LogP contribution in [0, 0.1) is 20.8 Å². The Balaban J connectivity index is 1.58. The number of aliphatic hydroxyl groups excluding tert-OH is 1. The highest BCUT2D eigenvalue weighted by Gasteiger charge is 2.28. The zero-order valence-electron chi connectivity index (χ0n) is 14.8. The van der Waals surface area contributed by atoms with Crippen LogP contribution in [0.5, 0.6) is 5.75 Å². The normalized spacial score (nSPS) is 19.6. The van der Waals surface area contributed by atoms with E-state index >= 15 is 0 Å².